The molecule has 1 fully saturated rings. The number of hydrogen-bond donors (Lipinski definition) is 5. The molecule has 0 radical (unpaired) electrons. The number of aliphatic carboxylic acids is 1. The quantitative estimate of drug-likeness (QED) is 0.474. The van der Waals surface area contributed by atoms with Gasteiger partial charge in [0, 0.05) is 24.2 Å². The number of nitrogens with two attached hydrogens (primary N) is 1. The maximum atomic E-state index is 10.6. The Balaban J connectivity index is 0.000000396. The van der Waals surface area contributed by atoms with Crippen LogP contribution in [-0.2, 0) is 10.3 Å². The normalized spacial score (nSPS) is 21.5. The topological polar surface area (TPSA) is 133 Å². The van der Waals surface area contributed by atoms with Gasteiger partial charge >= 0.3 is 12.1 Å². The van der Waals surface area contributed by atoms with Crippen molar-refractivity contribution in [3.8, 4) is 0 Å². The van der Waals surface area contributed by atoms with Crippen molar-refractivity contribution < 1.29 is 28.2 Å². The number of carboxylic acids is 1. The largest absolute Gasteiger partial charge is 0.490 e. The summed E-state index contributed by atoms with van der Waals surface area (Å²) in [5.74, 6) is -1.29. The number of aliphatic hydroxyl groups is 1. The summed E-state index contributed by atoms with van der Waals surface area (Å²) in [5.41, 5.74) is 7.40. The summed E-state index contributed by atoms with van der Waals surface area (Å²) in [4.78, 5) is 17.3. The Hall–Kier alpha value is -2.92. The first-order valence-electron chi connectivity index (χ1n) is 9.14. The molecule has 1 heterocycles. The highest BCUT2D eigenvalue weighted by Crippen LogP contribution is 2.40. The number of alkyl halides is 3. The van der Waals surface area contributed by atoms with E-state index in [4.69, 9.17) is 15.6 Å². The monoisotopic (exact) mass is 427 g/mol. The number of aliphatic hydroxyl groups excluding tert-OH is 1. The first-order valence-corrected chi connectivity index (χ1v) is 9.14. The summed E-state index contributed by atoms with van der Waals surface area (Å²) in [6.07, 6.45) is -2.25. The summed E-state index contributed by atoms with van der Waals surface area (Å²) >= 11 is 0. The highest BCUT2D eigenvalue weighted by molar-refractivity contribution is 5.73. The molecule has 8 nitrogen and oxygen atoms in total. The number of aromatic nitrogens is 2. The molecule has 1 aromatic carbocycles. The average Bonchev–Trinajstić information content (AvgIpc) is 2.66. The Bertz CT molecular complexity index is 828. The minimum absolute atomic E-state index is 0.251. The van der Waals surface area contributed by atoms with Crippen molar-refractivity contribution in [2.24, 2.45) is 5.73 Å². The van der Waals surface area contributed by atoms with E-state index in [1.165, 1.54) is 11.9 Å². The fourth-order valence-electron chi connectivity index (χ4n) is 2.92. The van der Waals surface area contributed by atoms with E-state index >= 15 is 0 Å². The maximum absolute atomic E-state index is 10.6. The first-order chi connectivity index (χ1) is 14.0. The van der Waals surface area contributed by atoms with Crippen LogP contribution in [0.15, 0.2) is 42.7 Å². The van der Waals surface area contributed by atoms with Gasteiger partial charge in [-0.15, -0.1) is 0 Å². The third-order valence-electron chi connectivity index (χ3n) is 4.41. The standard InChI is InChI=1S/C17H23N5O.C2HF3O2/c1-12(23)10-19-15-7-16(21-11-20-15)22-14-8-17(18,9-14)13-5-3-2-4-6-13;3-2(4,5)1(6)7/h2-7,11-12,14,23H,8-10,18H2,1H3,(H2,19,20,21,22);(H,6,7). The van der Waals surface area contributed by atoms with E-state index < -0.39 is 18.2 Å². The SMILES string of the molecule is CC(O)CNc1cc(NC2CC(N)(c3ccccc3)C2)ncn1.O=C(O)C(F)(F)F. The van der Waals surface area contributed by atoms with Crippen LogP contribution in [0.25, 0.3) is 0 Å². The van der Waals surface area contributed by atoms with Crippen LogP contribution in [0.3, 0.4) is 0 Å². The summed E-state index contributed by atoms with van der Waals surface area (Å²) < 4.78 is 31.7. The molecule has 6 N–H and O–H groups in total. The Morgan fingerprint density at radius 3 is 2.37 bits per heavy atom. The molecule has 1 aliphatic rings. The van der Waals surface area contributed by atoms with E-state index in [0.717, 1.165) is 18.7 Å². The molecule has 30 heavy (non-hydrogen) atoms. The van der Waals surface area contributed by atoms with Crippen molar-refractivity contribution in [1.82, 2.24) is 9.97 Å². The second-order valence-corrected chi connectivity index (χ2v) is 7.09. The van der Waals surface area contributed by atoms with Crippen LogP contribution in [0.4, 0.5) is 24.8 Å². The number of hydrogen-bond acceptors (Lipinski definition) is 7. The average molecular weight is 427 g/mol. The van der Waals surface area contributed by atoms with Gasteiger partial charge in [-0.05, 0) is 25.3 Å². The number of carboxylic acid groups (broad SMARTS) is 1. The predicted octanol–water partition coefficient (Wildman–Crippen LogP) is 2.33. The summed E-state index contributed by atoms with van der Waals surface area (Å²) in [6.45, 7) is 2.19. The Labute approximate surface area is 171 Å². The highest BCUT2D eigenvalue weighted by atomic mass is 19.4. The third kappa shape index (κ3) is 6.85. The zero-order chi connectivity index (χ0) is 22.4. The lowest BCUT2D eigenvalue weighted by Gasteiger charge is -2.45. The van der Waals surface area contributed by atoms with Crippen LogP contribution >= 0.6 is 0 Å². The lowest BCUT2D eigenvalue weighted by Crippen LogP contribution is -2.54. The van der Waals surface area contributed by atoms with Crippen molar-refractivity contribution in [3.05, 3.63) is 48.3 Å². The lowest BCUT2D eigenvalue weighted by atomic mass is 9.69. The fourth-order valence-corrected chi connectivity index (χ4v) is 2.92. The number of anilines is 2. The molecule has 0 amide bonds. The smallest absolute Gasteiger partial charge is 0.475 e. The van der Waals surface area contributed by atoms with E-state index in [1.807, 2.05) is 24.3 Å². The van der Waals surface area contributed by atoms with Gasteiger partial charge in [0.2, 0.25) is 0 Å². The Kier molecular flexibility index (Phi) is 7.57. The van der Waals surface area contributed by atoms with Crippen molar-refractivity contribution in [2.45, 2.75) is 43.6 Å². The molecule has 0 aliphatic heterocycles. The molecule has 1 aliphatic carbocycles. The van der Waals surface area contributed by atoms with Crippen molar-refractivity contribution in [3.63, 3.8) is 0 Å². The van der Waals surface area contributed by atoms with Gasteiger partial charge in [0.05, 0.1) is 6.10 Å². The third-order valence-corrected chi connectivity index (χ3v) is 4.41. The van der Waals surface area contributed by atoms with Crippen molar-refractivity contribution in [2.75, 3.05) is 17.2 Å². The van der Waals surface area contributed by atoms with Gasteiger partial charge in [-0.2, -0.15) is 13.2 Å². The van der Waals surface area contributed by atoms with E-state index in [0.29, 0.717) is 18.4 Å². The van der Waals surface area contributed by atoms with Crippen molar-refractivity contribution in [1.29, 1.82) is 0 Å². The fraction of sp³-hybridized carbons (Fsp3) is 0.421. The Morgan fingerprint density at radius 2 is 1.83 bits per heavy atom. The van der Waals surface area contributed by atoms with Crippen LogP contribution in [0.5, 0.6) is 0 Å². The van der Waals surface area contributed by atoms with Gasteiger partial charge in [-0.3, -0.25) is 0 Å². The first kappa shape index (κ1) is 23.4. The van der Waals surface area contributed by atoms with Crippen LogP contribution in [0, 0.1) is 0 Å². The van der Waals surface area contributed by atoms with Crippen LogP contribution in [0.1, 0.15) is 25.3 Å². The number of rotatable bonds is 6. The van der Waals surface area contributed by atoms with Gasteiger partial charge in [-0.1, -0.05) is 30.3 Å². The molecular formula is C19H24F3N5O3. The summed E-state index contributed by atoms with van der Waals surface area (Å²) in [7, 11) is 0. The highest BCUT2D eigenvalue weighted by Gasteiger charge is 2.42. The molecule has 0 spiro atoms. The molecule has 3 rings (SSSR count). The molecular weight excluding hydrogens is 403 g/mol. The number of nitrogens with one attached hydrogen (secondary N) is 2. The lowest BCUT2D eigenvalue weighted by molar-refractivity contribution is -0.192. The molecule has 1 atom stereocenters. The van der Waals surface area contributed by atoms with Gasteiger partial charge in [0.25, 0.3) is 0 Å². The maximum Gasteiger partial charge on any atom is 0.490 e. The van der Waals surface area contributed by atoms with Gasteiger partial charge in [0.15, 0.2) is 0 Å². The number of carbonyl (C=O) groups is 1. The van der Waals surface area contributed by atoms with Crippen molar-refractivity contribution >= 4 is 17.6 Å². The molecule has 11 heteroatoms. The van der Waals surface area contributed by atoms with Crippen LogP contribution in [0.2, 0.25) is 0 Å². The minimum Gasteiger partial charge on any atom is -0.475 e. The number of benzene rings is 1. The molecule has 1 aromatic heterocycles. The molecule has 1 saturated carbocycles. The Morgan fingerprint density at radius 1 is 1.27 bits per heavy atom. The molecule has 164 valence electrons. The van der Waals surface area contributed by atoms with E-state index in [9.17, 15) is 18.3 Å². The number of halogens is 3. The zero-order valence-electron chi connectivity index (χ0n) is 16.2. The minimum atomic E-state index is -5.08. The van der Waals surface area contributed by atoms with Crippen LogP contribution < -0.4 is 16.4 Å². The summed E-state index contributed by atoms with van der Waals surface area (Å²) in [6, 6.07) is 12.4. The predicted molar refractivity (Wildman–Crippen MR) is 105 cm³/mol. The van der Waals surface area contributed by atoms with E-state index in [-0.39, 0.29) is 5.54 Å². The van der Waals surface area contributed by atoms with E-state index in [2.05, 4.69) is 32.7 Å². The molecule has 0 bridgehead atoms. The second kappa shape index (κ2) is 9.72. The van der Waals surface area contributed by atoms with E-state index in [1.54, 1.807) is 6.92 Å². The van der Waals surface area contributed by atoms with Gasteiger partial charge in [-0.25, -0.2) is 14.8 Å². The van der Waals surface area contributed by atoms with Crippen LogP contribution in [-0.4, -0.2) is 51.0 Å². The second-order valence-electron chi connectivity index (χ2n) is 7.09. The zero-order valence-corrected chi connectivity index (χ0v) is 16.2. The molecule has 1 unspecified atom stereocenters. The molecule has 0 saturated heterocycles. The summed E-state index contributed by atoms with van der Waals surface area (Å²) in [5, 5.41) is 22.9. The molecule has 2 aromatic rings. The van der Waals surface area contributed by atoms with Gasteiger partial charge in [0.1, 0.15) is 18.0 Å². The van der Waals surface area contributed by atoms with Gasteiger partial charge < -0.3 is 26.6 Å². The number of nitrogens with zero attached hydrogens (tertiary/aromatic N) is 2.